The molecule has 1 unspecified atom stereocenters. The Labute approximate surface area is 171 Å². The van der Waals surface area contributed by atoms with Crippen molar-refractivity contribution in [2.45, 2.75) is 33.1 Å². The first-order valence-corrected chi connectivity index (χ1v) is 8.50. The summed E-state index contributed by atoms with van der Waals surface area (Å²) in [4.78, 5) is 4.27. The second-order valence-corrected chi connectivity index (χ2v) is 6.33. The highest BCUT2D eigenvalue weighted by atomic mass is 127. The van der Waals surface area contributed by atoms with E-state index < -0.39 is 0 Å². The van der Waals surface area contributed by atoms with Crippen LogP contribution in [0.15, 0.2) is 33.8 Å². The fourth-order valence-corrected chi connectivity index (χ4v) is 2.87. The van der Waals surface area contributed by atoms with Crippen molar-refractivity contribution in [3.8, 4) is 0 Å². The highest BCUT2D eigenvalue weighted by Crippen LogP contribution is 2.22. The Morgan fingerprint density at radius 1 is 1.24 bits per heavy atom. The molecule has 1 heterocycles. The third-order valence-electron chi connectivity index (χ3n) is 4.00. The zero-order chi connectivity index (χ0) is 17.5. The van der Waals surface area contributed by atoms with E-state index in [1.807, 2.05) is 38.1 Å². The SMILES string of the molecule is CN=C(NCCc1ccc(Cl)cc1)NCC(C)c1c(C)noc1C.I. The largest absolute Gasteiger partial charge is 0.361 e. The van der Waals surface area contributed by atoms with Crippen LogP contribution >= 0.6 is 35.6 Å². The van der Waals surface area contributed by atoms with E-state index in [1.165, 1.54) is 11.1 Å². The van der Waals surface area contributed by atoms with Crippen LogP contribution in [0, 0.1) is 13.8 Å². The summed E-state index contributed by atoms with van der Waals surface area (Å²) in [5.74, 6) is 1.97. The molecule has 7 heteroatoms. The van der Waals surface area contributed by atoms with Gasteiger partial charge in [0.25, 0.3) is 0 Å². The Morgan fingerprint density at radius 2 is 1.92 bits per heavy atom. The maximum absolute atomic E-state index is 5.90. The van der Waals surface area contributed by atoms with E-state index in [2.05, 4.69) is 27.7 Å². The first-order chi connectivity index (χ1) is 11.5. The van der Waals surface area contributed by atoms with Crippen molar-refractivity contribution >= 4 is 41.5 Å². The molecule has 0 spiro atoms. The predicted octanol–water partition coefficient (Wildman–Crippen LogP) is 4.07. The highest BCUT2D eigenvalue weighted by molar-refractivity contribution is 14.0. The lowest BCUT2D eigenvalue weighted by atomic mass is 10.00. The summed E-state index contributed by atoms with van der Waals surface area (Å²) in [6, 6.07) is 7.91. The number of aromatic nitrogens is 1. The van der Waals surface area contributed by atoms with E-state index in [0.717, 1.165) is 41.9 Å². The van der Waals surface area contributed by atoms with Crippen LogP contribution in [0.25, 0.3) is 0 Å². The molecule has 0 amide bonds. The van der Waals surface area contributed by atoms with Gasteiger partial charge in [-0.3, -0.25) is 4.99 Å². The zero-order valence-corrected chi connectivity index (χ0v) is 18.2. The van der Waals surface area contributed by atoms with Gasteiger partial charge in [-0.1, -0.05) is 35.8 Å². The second-order valence-electron chi connectivity index (χ2n) is 5.90. The number of benzene rings is 1. The lowest BCUT2D eigenvalue weighted by Crippen LogP contribution is -2.40. The molecule has 1 atom stereocenters. The van der Waals surface area contributed by atoms with Crippen LogP contribution in [0.2, 0.25) is 5.02 Å². The van der Waals surface area contributed by atoms with Crippen molar-refractivity contribution in [1.82, 2.24) is 15.8 Å². The van der Waals surface area contributed by atoms with E-state index in [-0.39, 0.29) is 24.0 Å². The number of aryl methyl sites for hydroxylation is 2. The summed E-state index contributed by atoms with van der Waals surface area (Å²) >= 11 is 5.90. The lowest BCUT2D eigenvalue weighted by molar-refractivity contribution is 0.391. The molecule has 0 radical (unpaired) electrons. The van der Waals surface area contributed by atoms with Gasteiger partial charge in [-0.05, 0) is 38.0 Å². The molecule has 0 saturated carbocycles. The van der Waals surface area contributed by atoms with Gasteiger partial charge in [0, 0.05) is 36.6 Å². The van der Waals surface area contributed by atoms with Crippen LogP contribution in [-0.2, 0) is 6.42 Å². The number of hydrogen-bond acceptors (Lipinski definition) is 3. The maximum atomic E-state index is 5.90. The van der Waals surface area contributed by atoms with Crippen molar-refractivity contribution in [2.24, 2.45) is 4.99 Å². The summed E-state index contributed by atoms with van der Waals surface area (Å²) < 4.78 is 5.24. The molecule has 1 aromatic carbocycles. The molecule has 138 valence electrons. The molecule has 0 aliphatic rings. The van der Waals surface area contributed by atoms with E-state index in [9.17, 15) is 0 Å². The van der Waals surface area contributed by atoms with Crippen LogP contribution in [0.4, 0.5) is 0 Å². The number of halogens is 2. The van der Waals surface area contributed by atoms with Gasteiger partial charge in [0.2, 0.25) is 0 Å². The first kappa shape index (κ1) is 21.8. The fraction of sp³-hybridized carbons (Fsp3) is 0.444. The molecule has 2 N–H and O–H groups in total. The van der Waals surface area contributed by atoms with E-state index in [4.69, 9.17) is 16.1 Å². The number of rotatable bonds is 6. The van der Waals surface area contributed by atoms with Crippen molar-refractivity contribution in [1.29, 1.82) is 0 Å². The molecule has 0 aliphatic heterocycles. The maximum Gasteiger partial charge on any atom is 0.191 e. The summed E-state index contributed by atoms with van der Waals surface area (Å²) in [7, 11) is 1.78. The Kier molecular flexibility index (Phi) is 9.27. The minimum Gasteiger partial charge on any atom is -0.361 e. The molecular formula is C18H26ClIN4O. The summed E-state index contributed by atoms with van der Waals surface area (Å²) in [6.07, 6.45) is 0.914. The number of hydrogen-bond donors (Lipinski definition) is 2. The average molecular weight is 477 g/mol. The fourth-order valence-electron chi connectivity index (χ4n) is 2.74. The Bertz CT molecular complexity index is 665. The molecular weight excluding hydrogens is 451 g/mol. The topological polar surface area (TPSA) is 62.5 Å². The molecule has 0 saturated heterocycles. The van der Waals surface area contributed by atoms with Crippen molar-refractivity contribution in [2.75, 3.05) is 20.1 Å². The zero-order valence-electron chi connectivity index (χ0n) is 15.1. The molecule has 25 heavy (non-hydrogen) atoms. The minimum absolute atomic E-state index is 0. The highest BCUT2D eigenvalue weighted by Gasteiger charge is 2.16. The van der Waals surface area contributed by atoms with E-state index in [1.54, 1.807) is 7.05 Å². The van der Waals surface area contributed by atoms with Gasteiger partial charge >= 0.3 is 0 Å². The third kappa shape index (κ3) is 6.51. The summed E-state index contributed by atoms with van der Waals surface area (Å²) in [6.45, 7) is 7.65. The number of nitrogens with zero attached hydrogens (tertiary/aromatic N) is 2. The third-order valence-corrected chi connectivity index (χ3v) is 4.25. The van der Waals surface area contributed by atoms with Gasteiger partial charge in [0.05, 0.1) is 5.69 Å². The van der Waals surface area contributed by atoms with Crippen molar-refractivity contribution in [3.05, 3.63) is 51.9 Å². The van der Waals surface area contributed by atoms with Crippen LogP contribution in [0.3, 0.4) is 0 Å². The first-order valence-electron chi connectivity index (χ1n) is 8.13. The second kappa shape index (κ2) is 10.7. The molecule has 2 rings (SSSR count). The monoisotopic (exact) mass is 476 g/mol. The Hall–Kier alpha value is -1.28. The Morgan fingerprint density at radius 3 is 2.48 bits per heavy atom. The minimum atomic E-state index is 0. The van der Waals surface area contributed by atoms with Gasteiger partial charge in [-0.2, -0.15) is 0 Å². The van der Waals surface area contributed by atoms with Gasteiger partial charge in [-0.15, -0.1) is 24.0 Å². The summed E-state index contributed by atoms with van der Waals surface area (Å²) in [5, 5.41) is 11.5. The van der Waals surface area contributed by atoms with Crippen LogP contribution < -0.4 is 10.6 Å². The average Bonchev–Trinajstić information content (AvgIpc) is 2.91. The Balaban J connectivity index is 0.00000312. The van der Waals surface area contributed by atoms with Crippen LogP contribution in [-0.4, -0.2) is 31.3 Å². The molecule has 1 aromatic heterocycles. The number of aliphatic imine (C=N–C) groups is 1. The number of nitrogens with one attached hydrogen (secondary N) is 2. The predicted molar refractivity (Wildman–Crippen MR) is 114 cm³/mol. The molecule has 0 aliphatic carbocycles. The van der Waals surface area contributed by atoms with Crippen molar-refractivity contribution in [3.63, 3.8) is 0 Å². The number of guanidine groups is 1. The normalized spacial score (nSPS) is 12.4. The molecule has 0 bridgehead atoms. The smallest absolute Gasteiger partial charge is 0.191 e. The van der Waals surface area contributed by atoms with Gasteiger partial charge in [0.1, 0.15) is 5.76 Å². The van der Waals surface area contributed by atoms with Crippen LogP contribution in [0.5, 0.6) is 0 Å². The van der Waals surface area contributed by atoms with Gasteiger partial charge < -0.3 is 15.2 Å². The van der Waals surface area contributed by atoms with Gasteiger partial charge in [0.15, 0.2) is 5.96 Å². The standard InChI is InChI=1S/C18H25ClN4O.HI/c1-12(17-13(2)23-24-14(17)3)11-22-18(20-4)21-10-9-15-5-7-16(19)8-6-15;/h5-8,12H,9-11H2,1-4H3,(H2,20,21,22);1H. The van der Waals surface area contributed by atoms with Crippen LogP contribution in [0.1, 0.15) is 35.4 Å². The van der Waals surface area contributed by atoms with Gasteiger partial charge in [-0.25, -0.2) is 0 Å². The summed E-state index contributed by atoms with van der Waals surface area (Å²) in [5.41, 5.74) is 3.36. The van der Waals surface area contributed by atoms with E-state index >= 15 is 0 Å². The molecule has 0 fully saturated rings. The van der Waals surface area contributed by atoms with E-state index in [0.29, 0.717) is 5.92 Å². The van der Waals surface area contributed by atoms with Crippen molar-refractivity contribution < 1.29 is 4.52 Å². The molecule has 2 aromatic rings. The lowest BCUT2D eigenvalue weighted by Gasteiger charge is -2.16. The quantitative estimate of drug-likeness (QED) is 0.375. The molecule has 5 nitrogen and oxygen atoms in total.